The number of carbonyl (C=O) groups excluding carboxylic acids is 1. The van der Waals surface area contributed by atoms with Crippen LogP contribution in [0, 0.1) is 0 Å². The molecule has 0 unspecified atom stereocenters. The number of aliphatic hydroxyl groups is 1. The van der Waals surface area contributed by atoms with Gasteiger partial charge in [-0.3, -0.25) is 4.79 Å². The molecule has 22 heavy (non-hydrogen) atoms. The maximum absolute atomic E-state index is 12.6. The lowest BCUT2D eigenvalue weighted by molar-refractivity contribution is -0.511. The van der Waals surface area contributed by atoms with Crippen molar-refractivity contribution in [2.45, 2.75) is 18.6 Å². The Morgan fingerprint density at radius 2 is 2.05 bits per heavy atom. The summed E-state index contributed by atoms with van der Waals surface area (Å²) in [5, 5.41) is 13.2. The standard InChI is InChI=1S/C17H15N3O2/c21-14-9-11-5-1-2-6-12(11)15(14)19-17(22)16-13-7-3-4-8-20(13)10-18-16/h1-8,10,14-15,21H,9H2,(H,19,22)/p+1/t14-,15+/m1/s1. The highest BCUT2D eigenvalue weighted by molar-refractivity contribution is 5.98. The molecule has 1 aromatic carbocycles. The molecule has 0 saturated heterocycles. The average Bonchev–Trinajstić information content (AvgIpc) is 3.09. The van der Waals surface area contributed by atoms with Crippen LogP contribution in [0.4, 0.5) is 0 Å². The molecule has 0 spiro atoms. The number of aromatic amines is 1. The van der Waals surface area contributed by atoms with E-state index in [2.05, 4.69) is 10.3 Å². The van der Waals surface area contributed by atoms with Crippen LogP contribution in [-0.2, 0) is 6.42 Å². The van der Waals surface area contributed by atoms with Gasteiger partial charge in [0.15, 0.2) is 5.52 Å². The second-order valence-electron chi connectivity index (χ2n) is 5.56. The number of nitrogens with zero attached hydrogens (tertiary/aromatic N) is 1. The third-order valence-corrected chi connectivity index (χ3v) is 4.21. The summed E-state index contributed by atoms with van der Waals surface area (Å²) < 4.78 is 1.86. The number of aromatic nitrogens is 2. The Labute approximate surface area is 127 Å². The van der Waals surface area contributed by atoms with Gasteiger partial charge in [-0.2, -0.15) is 0 Å². The van der Waals surface area contributed by atoms with E-state index < -0.39 is 6.10 Å². The van der Waals surface area contributed by atoms with Crippen LogP contribution in [0.25, 0.3) is 5.52 Å². The molecule has 2 aromatic heterocycles. The van der Waals surface area contributed by atoms with E-state index in [4.69, 9.17) is 0 Å². The van der Waals surface area contributed by atoms with Gasteiger partial charge in [-0.25, -0.2) is 9.38 Å². The summed E-state index contributed by atoms with van der Waals surface area (Å²) in [7, 11) is 0. The number of aliphatic hydroxyl groups excluding tert-OH is 1. The van der Waals surface area contributed by atoms with Crippen molar-refractivity contribution in [2.24, 2.45) is 0 Å². The smallest absolute Gasteiger partial charge is 0.296 e. The van der Waals surface area contributed by atoms with Gasteiger partial charge in [0.1, 0.15) is 0 Å². The van der Waals surface area contributed by atoms with Gasteiger partial charge < -0.3 is 10.4 Å². The quantitative estimate of drug-likeness (QED) is 0.620. The lowest BCUT2D eigenvalue weighted by atomic mass is 10.1. The first kappa shape index (κ1) is 13.0. The van der Waals surface area contributed by atoms with E-state index in [1.807, 2.05) is 53.1 Å². The summed E-state index contributed by atoms with van der Waals surface area (Å²) in [5.41, 5.74) is 3.39. The van der Waals surface area contributed by atoms with Crippen molar-refractivity contribution in [2.75, 3.05) is 0 Å². The van der Waals surface area contributed by atoms with E-state index >= 15 is 0 Å². The third-order valence-electron chi connectivity index (χ3n) is 4.21. The van der Waals surface area contributed by atoms with E-state index in [1.54, 1.807) is 6.33 Å². The summed E-state index contributed by atoms with van der Waals surface area (Å²) in [6.07, 6.45) is 3.60. The molecule has 0 aliphatic heterocycles. The second kappa shape index (κ2) is 4.96. The number of amides is 1. The zero-order chi connectivity index (χ0) is 15.1. The fourth-order valence-electron chi connectivity index (χ4n) is 3.13. The zero-order valence-electron chi connectivity index (χ0n) is 11.9. The molecule has 1 amide bonds. The zero-order valence-corrected chi connectivity index (χ0v) is 11.9. The lowest BCUT2D eigenvalue weighted by Crippen LogP contribution is -2.34. The Morgan fingerprint density at radius 3 is 2.95 bits per heavy atom. The molecule has 4 rings (SSSR count). The van der Waals surface area contributed by atoms with Crippen LogP contribution in [0.1, 0.15) is 27.7 Å². The molecule has 0 radical (unpaired) electrons. The molecule has 3 N–H and O–H groups in total. The second-order valence-corrected chi connectivity index (χ2v) is 5.56. The van der Waals surface area contributed by atoms with Crippen LogP contribution < -0.4 is 9.72 Å². The van der Waals surface area contributed by atoms with Gasteiger partial charge in [-0.15, -0.1) is 0 Å². The number of nitrogens with one attached hydrogen (secondary N) is 2. The first-order valence-electron chi connectivity index (χ1n) is 7.28. The predicted octanol–water partition coefficient (Wildman–Crippen LogP) is 1.14. The Hall–Kier alpha value is -2.66. The number of pyridine rings is 1. The molecule has 1 aliphatic rings. The summed E-state index contributed by atoms with van der Waals surface area (Å²) in [6.45, 7) is 0. The fourth-order valence-corrected chi connectivity index (χ4v) is 3.13. The van der Waals surface area contributed by atoms with Crippen LogP contribution in [0.5, 0.6) is 0 Å². The molecule has 0 fully saturated rings. The first-order valence-corrected chi connectivity index (χ1v) is 7.28. The van der Waals surface area contributed by atoms with E-state index in [0.29, 0.717) is 12.1 Å². The number of hydrogen-bond donors (Lipinski definition) is 3. The predicted molar refractivity (Wildman–Crippen MR) is 80.3 cm³/mol. The maximum atomic E-state index is 12.6. The molecular weight excluding hydrogens is 278 g/mol. The molecule has 5 nitrogen and oxygen atoms in total. The summed E-state index contributed by atoms with van der Waals surface area (Å²) in [6, 6.07) is 13.1. The van der Waals surface area contributed by atoms with Crippen molar-refractivity contribution in [3.8, 4) is 0 Å². The minimum Gasteiger partial charge on any atom is -0.390 e. The van der Waals surface area contributed by atoms with Crippen molar-refractivity contribution in [3.05, 3.63) is 71.8 Å². The average molecular weight is 294 g/mol. The number of imidazole rings is 1. The number of carbonyl (C=O) groups is 1. The minimum atomic E-state index is -0.588. The van der Waals surface area contributed by atoms with E-state index in [9.17, 15) is 9.90 Å². The van der Waals surface area contributed by atoms with Gasteiger partial charge in [0.2, 0.25) is 12.0 Å². The van der Waals surface area contributed by atoms with Crippen LogP contribution in [-0.4, -0.2) is 22.1 Å². The molecule has 0 bridgehead atoms. The molecule has 1 aliphatic carbocycles. The largest absolute Gasteiger partial charge is 0.390 e. The molecule has 2 atom stereocenters. The third kappa shape index (κ3) is 1.98. The van der Waals surface area contributed by atoms with Gasteiger partial charge in [0.05, 0.1) is 18.3 Å². The maximum Gasteiger partial charge on any atom is 0.296 e. The van der Waals surface area contributed by atoms with Crippen molar-refractivity contribution in [1.29, 1.82) is 0 Å². The highest BCUT2D eigenvalue weighted by Gasteiger charge is 2.33. The number of rotatable bonds is 2. The van der Waals surface area contributed by atoms with E-state index in [1.165, 1.54) is 0 Å². The number of fused-ring (bicyclic) bond motifs is 2. The van der Waals surface area contributed by atoms with Gasteiger partial charge in [-0.1, -0.05) is 30.3 Å². The van der Waals surface area contributed by atoms with Crippen molar-refractivity contribution < 1.29 is 14.3 Å². The van der Waals surface area contributed by atoms with Crippen molar-refractivity contribution in [1.82, 2.24) is 10.3 Å². The van der Waals surface area contributed by atoms with Gasteiger partial charge in [0, 0.05) is 6.42 Å². The molecular formula is C17H16N3O2+. The molecule has 3 aromatic rings. The van der Waals surface area contributed by atoms with Crippen LogP contribution >= 0.6 is 0 Å². The van der Waals surface area contributed by atoms with Gasteiger partial charge in [-0.05, 0) is 23.3 Å². The first-order chi connectivity index (χ1) is 10.7. The van der Waals surface area contributed by atoms with E-state index in [-0.39, 0.29) is 11.9 Å². The van der Waals surface area contributed by atoms with E-state index in [0.717, 1.165) is 16.6 Å². The Balaban J connectivity index is 1.65. The summed E-state index contributed by atoms with van der Waals surface area (Å²) >= 11 is 0. The topological polar surface area (TPSA) is 69.2 Å². The minimum absolute atomic E-state index is 0.213. The van der Waals surface area contributed by atoms with Gasteiger partial charge >= 0.3 is 0 Å². The summed E-state index contributed by atoms with van der Waals surface area (Å²) in [5.74, 6) is -0.213. The van der Waals surface area contributed by atoms with Crippen LogP contribution in [0.2, 0.25) is 0 Å². The normalized spacial score (nSPS) is 20.0. The summed E-state index contributed by atoms with van der Waals surface area (Å²) in [4.78, 5) is 15.6. The lowest BCUT2D eigenvalue weighted by Gasteiger charge is -2.16. The number of hydrogen-bond acceptors (Lipinski definition) is 2. The van der Waals surface area contributed by atoms with Crippen molar-refractivity contribution in [3.63, 3.8) is 0 Å². The van der Waals surface area contributed by atoms with Crippen molar-refractivity contribution >= 4 is 11.4 Å². The Morgan fingerprint density at radius 1 is 1.23 bits per heavy atom. The molecule has 2 heterocycles. The monoisotopic (exact) mass is 294 g/mol. The highest BCUT2D eigenvalue weighted by atomic mass is 16.3. The van der Waals surface area contributed by atoms with Gasteiger partial charge in [0.25, 0.3) is 5.91 Å². The highest BCUT2D eigenvalue weighted by Crippen LogP contribution is 2.31. The number of H-pyrrole nitrogens is 1. The molecule has 5 heteroatoms. The Bertz CT molecular complexity index is 856. The SMILES string of the molecule is O=C(N[C@H]1c2ccccc2C[C@H]1O)c1[nH]c[n+]2ccccc12. The fraction of sp³-hybridized carbons (Fsp3) is 0.176. The van der Waals surface area contributed by atoms with Crippen LogP contribution in [0.15, 0.2) is 55.0 Å². The molecule has 110 valence electrons. The molecule has 0 saturated carbocycles. The Kier molecular flexibility index (Phi) is 2.94. The van der Waals surface area contributed by atoms with Crippen LogP contribution in [0.3, 0.4) is 0 Å². The number of benzene rings is 1.